The van der Waals surface area contributed by atoms with Crippen molar-refractivity contribution in [1.82, 2.24) is 15.1 Å². The molecule has 2 fully saturated rings. The van der Waals surface area contributed by atoms with Crippen molar-refractivity contribution in [3.05, 3.63) is 35.6 Å². The molecular weight excluding hydrogens is 309 g/mol. The number of carbonyl (C=O) groups excluding carboxylic acids is 2. The summed E-state index contributed by atoms with van der Waals surface area (Å²) in [5.41, 5.74) is 0.990. The minimum absolute atomic E-state index is 0.00245. The van der Waals surface area contributed by atoms with Gasteiger partial charge in [0.2, 0.25) is 11.8 Å². The summed E-state index contributed by atoms with van der Waals surface area (Å²) in [6, 6.07) is 6.79. The first-order valence-electron chi connectivity index (χ1n) is 8.65. The minimum Gasteiger partial charge on any atom is -0.346 e. The largest absolute Gasteiger partial charge is 0.346 e. The van der Waals surface area contributed by atoms with Crippen LogP contribution in [0.5, 0.6) is 0 Å². The first kappa shape index (κ1) is 16.9. The standard InChI is InChI=1S/C18H24FN3O2/c19-15-5-3-14(4-6-15)12-22(16-7-8-16)13-17(23)20-11-18(24)21-9-1-2-10-21/h3-6,16H,1-2,7-13H2,(H,20,23). The molecule has 1 heterocycles. The molecule has 1 N–H and O–H groups in total. The van der Waals surface area contributed by atoms with Crippen LogP contribution in [0.2, 0.25) is 0 Å². The van der Waals surface area contributed by atoms with Crippen LogP contribution in [0.25, 0.3) is 0 Å². The maximum atomic E-state index is 13.0. The van der Waals surface area contributed by atoms with Gasteiger partial charge in [0.1, 0.15) is 5.82 Å². The molecule has 130 valence electrons. The Labute approximate surface area is 141 Å². The summed E-state index contributed by atoms with van der Waals surface area (Å²) in [4.78, 5) is 28.0. The van der Waals surface area contributed by atoms with Crippen LogP contribution in [-0.2, 0) is 16.1 Å². The number of nitrogens with one attached hydrogen (secondary N) is 1. The zero-order valence-electron chi connectivity index (χ0n) is 13.8. The van der Waals surface area contributed by atoms with E-state index in [0.29, 0.717) is 12.6 Å². The third-order valence-electron chi connectivity index (χ3n) is 4.60. The van der Waals surface area contributed by atoms with Crippen molar-refractivity contribution in [3.8, 4) is 0 Å². The van der Waals surface area contributed by atoms with Crippen LogP contribution in [-0.4, -0.2) is 53.8 Å². The van der Waals surface area contributed by atoms with Gasteiger partial charge >= 0.3 is 0 Å². The number of carbonyl (C=O) groups is 2. The number of nitrogens with zero attached hydrogens (tertiary/aromatic N) is 2. The van der Waals surface area contributed by atoms with Gasteiger partial charge in [0, 0.05) is 25.7 Å². The predicted octanol–water partition coefficient (Wildman–Crippen LogP) is 1.53. The monoisotopic (exact) mass is 333 g/mol. The van der Waals surface area contributed by atoms with E-state index in [1.807, 2.05) is 0 Å². The molecule has 1 saturated heterocycles. The van der Waals surface area contributed by atoms with E-state index < -0.39 is 0 Å². The molecule has 6 heteroatoms. The van der Waals surface area contributed by atoms with E-state index in [2.05, 4.69) is 10.2 Å². The summed E-state index contributed by atoms with van der Waals surface area (Å²) in [6.07, 6.45) is 4.27. The third kappa shape index (κ3) is 4.77. The molecule has 0 atom stereocenters. The Morgan fingerprint density at radius 2 is 1.83 bits per heavy atom. The third-order valence-corrected chi connectivity index (χ3v) is 4.60. The molecule has 0 aromatic heterocycles. The SMILES string of the molecule is O=C(CN(Cc1ccc(F)cc1)C1CC1)NCC(=O)N1CCCC1. The van der Waals surface area contributed by atoms with Gasteiger partial charge in [-0.25, -0.2) is 4.39 Å². The second-order valence-corrected chi connectivity index (χ2v) is 6.63. The van der Waals surface area contributed by atoms with Crippen LogP contribution in [0.3, 0.4) is 0 Å². The van der Waals surface area contributed by atoms with Gasteiger partial charge in [-0.1, -0.05) is 12.1 Å². The summed E-state index contributed by atoms with van der Waals surface area (Å²) in [7, 11) is 0. The van der Waals surface area contributed by atoms with E-state index in [4.69, 9.17) is 0 Å². The van der Waals surface area contributed by atoms with Crippen LogP contribution >= 0.6 is 0 Å². The van der Waals surface area contributed by atoms with Crippen molar-refractivity contribution in [1.29, 1.82) is 0 Å². The molecule has 0 spiro atoms. The van der Waals surface area contributed by atoms with Crippen molar-refractivity contribution in [2.24, 2.45) is 0 Å². The normalized spacial score (nSPS) is 17.3. The zero-order chi connectivity index (χ0) is 16.9. The fourth-order valence-electron chi connectivity index (χ4n) is 3.07. The Kier molecular flexibility index (Phi) is 5.45. The number of rotatable bonds is 7. The van der Waals surface area contributed by atoms with Crippen molar-refractivity contribution in [2.45, 2.75) is 38.3 Å². The number of amides is 2. The zero-order valence-corrected chi connectivity index (χ0v) is 13.8. The van der Waals surface area contributed by atoms with Crippen LogP contribution < -0.4 is 5.32 Å². The van der Waals surface area contributed by atoms with Gasteiger partial charge in [-0.2, -0.15) is 0 Å². The molecule has 1 aliphatic heterocycles. The molecule has 24 heavy (non-hydrogen) atoms. The van der Waals surface area contributed by atoms with Crippen LogP contribution in [0.1, 0.15) is 31.2 Å². The molecule has 2 amide bonds. The molecule has 3 rings (SSSR count). The Balaban J connectivity index is 1.47. The van der Waals surface area contributed by atoms with E-state index in [1.54, 1.807) is 17.0 Å². The summed E-state index contributed by atoms with van der Waals surface area (Å²) >= 11 is 0. The molecule has 1 aliphatic carbocycles. The summed E-state index contributed by atoms with van der Waals surface area (Å²) in [5.74, 6) is -0.385. The van der Waals surface area contributed by atoms with E-state index >= 15 is 0 Å². The van der Waals surface area contributed by atoms with Crippen molar-refractivity contribution in [3.63, 3.8) is 0 Å². The van der Waals surface area contributed by atoms with E-state index in [9.17, 15) is 14.0 Å². The van der Waals surface area contributed by atoms with Crippen LogP contribution in [0.15, 0.2) is 24.3 Å². The van der Waals surface area contributed by atoms with Gasteiger partial charge in [-0.3, -0.25) is 14.5 Å². The summed E-state index contributed by atoms with van der Waals surface area (Å²) < 4.78 is 13.0. The number of hydrogen-bond acceptors (Lipinski definition) is 3. The molecule has 1 aromatic rings. The number of likely N-dealkylation sites (tertiary alicyclic amines) is 1. The van der Waals surface area contributed by atoms with Crippen molar-refractivity contribution in [2.75, 3.05) is 26.2 Å². The first-order chi connectivity index (χ1) is 11.6. The molecule has 5 nitrogen and oxygen atoms in total. The molecule has 0 bridgehead atoms. The maximum Gasteiger partial charge on any atom is 0.241 e. The molecule has 1 saturated carbocycles. The summed E-state index contributed by atoms with van der Waals surface area (Å²) in [6.45, 7) is 2.57. The van der Waals surface area contributed by atoms with Crippen molar-refractivity contribution < 1.29 is 14.0 Å². The maximum absolute atomic E-state index is 13.0. The van der Waals surface area contributed by atoms with Crippen LogP contribution in [0.4, 0.5) is 4.39 Å². The average molecular weight is 333 g/mol. The van der Waals surface area contributed by atoms with E-state index in [1.165, 1.54) is 12.1 Å². The molecule has 0 unspecified atom stereocenters. The smallest absolute Gasteiger partial charge is 0.241 e. The van der Waals surface area contributed by atoms with Crippen LogP contribution in [0, 0.1) is 5.82 Å². The second-order valence-electron chi connectivity index (χ2n) is 6.63. The highest BCUT2D eigenvalue weighted by Crippen LogP contribution is 2.28. The quantitative estimate of drug-likeness (QED) is 0.823. The molecule has 1 aromatic carbocycles. The lowest BCUT2D eigenvalue weighted by Crippen LogP contribution is -2.43. The molecule has 0 radical (unpaired) electrons. The van der Waals surface area contributed by atoms with Gasteiger partial charge in [0.05, 0.1) is 13.1 Å². The lowest BCUT2D eigenvalue weighted by molar-refractivity contribution is -0.132. The lowest BCUT2D eigenvalue weighted by Gasteiger charge is -2.22. The number of halogens is 1. The second kappa shape index (κ2) is 7.75. The van der Waals surface area contributed by atoms with E-state index in [-0.39, 0.29) is 30.7 Å². The number of hydrogen-bond donors (Lipinski definition) is 1. The molecule has 2 aliphatic rings. The predicted molar refractivity (Wildman–Crippen MR) is 88.7 cm³/mol. The van der Waals surface area contributed by atoms with E-state index in [0.717, 1.165) is 44.3 Å². The summed E-state index contributed by atoms with van der Waals surface area (Å²) in [5, 5.41) is 2.74. The minimum atomic E-state index is -0.255. The lowest BCUT2D eigenvalue weighted by atomic mass is 10.2. The van der Waals surface area contributed by atoms with Gasteiger partial charge in [0.25, 0.3) is 0 Å². The number of benzene rings is 1. The highest BCUT2D eigenvalue weighted by atomic mass is 19.1. The van der Waals surface area contributed by atoms with Gasteiger partial charge in [0.15, 0.2) is 0 Å². The Bertz CT molecular complexity index is 580. The first-order valence-corrected chi connectivity index (χ1v) is 8.65. The van der Waals surface area contributed by atoms with Gasteiger partial charge in [-0.15, -0.1) is 0 Å². The van der Waals surface area contributed by atoms with Crippen molar-refractivity contribution >= 4 is 11.8 Å². The fourth-order valence-corrected chi connectivity index (χ4v) is 3.07. The Morgan fingerprint density at radius 3 is 2.46 bits per heavy atom. The van der Waals surface area contributed by atoms with Gasteiger partial charge < -0.3 is 10.2 Å². The highest BCUT2D eigenvalue weighted by Gasteiger charge is 2.30. The Hall–Kier alpha value is -1.95. The topological polar surface area (TPSA) is 52.7 Å². The Morgan fingerprint density at radius 1 is 1.17 bits per heavy atom. The average Bonchev–Trinajstić information content (AvgIpc) is 3.28. The molecular formula is C18H24FN3O2. The fraction of sp³-hybridized carbons (Fsp3) is 0.556. The van der Waals surface area contributed by atoms with Gasteiger partial charge in [-0.05, 0) is 43.4 Å². The highest BCUT2D eigenvalue weighted by molar-refractivity contribution is 5.85.